The Hall–Kier alpha value is -2.01. The molecule has 2 heterocycles. The number of aliphatic hydroxyl groups is 1. The fraction of sp³-hybridized carbons (Fsp3) is 0.375. The van der Waals surface area contributed by atoms with Crippen LogP contribution in [0, 0.1) is 12.7 Å². The van der Waals surface area contributed by atoms with Gasteiger partial charge >= 0.3 is 0 Å². The average Bonchev–Trinajstić information content (AvgIpc) is 2.48. The second kappa shape index (κ2) is 5.41. The largest absolute Gasteiger partial charge is 0.385 e. The Morgan fingerprint density at radius 2 is 1.81 bits per heavy atom. The molecule has 1 aromatic carbocycles. The molecule has 21 heavy (non-hydrogen) atoms. The van der Waals surface area contributed by atoms with Gasteiger partial charge in [-0.1, -0.05) is 12.1 Å². The van der Waals surface area contributed by atoms with Crippen molar-refractivity contribution in [2.75, 3.05) is 18.0 Å². The van der Waals surface area contributed by atoms with Crippen molar-refractivity contribution in [3.05, 3.63) is 53.6 Å². The summed E-state index contributed by atoms with van der Waals surface area (Å²) in [5, 5.41) is 10.8. The predicted molar refractivity (Wildman–Crippen MR) is 78.5 cm³/mol. The van der Waals surface area contributed by atoms with Crippen LogP contribution in [0.3, 0.4) is 0 Å². The zero-order valence-corrected chi connectivity index (χ0v) is 12.0. The summed E-state index contributed by atoms with van der Waals surface area (Å²) in [6, 6.07) is 7.97. The van der Waals surface area contributed by atoms with Crippen molar-refractivity contribution in [3.8, 4) is 0 Å². The summed E-state index contributed by atoms with van der Waals surface area (Å²) < 4.78 is 13.0. The highest BCUT2D eigenvalue weighted by atomic mass is 19.1. The van der Waals surface area contributed by atoms with E-state index in [9.17, 15) is 9.50 Å². The molecule has 2 aromatic rings. The third-order valence-corrected chi connectivity index (χ3v) is 4.04. The summed E-state index contributed by atoms with van der Waals surface area (Å²) in [6.45, 7) is 3.29. The molecule has 5 heteroatoms. The summed E-state index contributed by atoms with van der Waals surface area (Å²) in [5.74, 6) is 0.420. The monoisotopic (exact) mass is 287 g/mol. The van der Waals surface area contributed by atoms with Crippen LogP contribution >= 0.6 is 0 Å². The lowest BCUT2D eigenvalue weighted by Gasteiger charge is -2.38. The third-order valence-electron chi connectivity index (χ3n) is 4.04. The highest BCUT2D eigenvalue weighted by molar-refractivity contribution is 5.33. The zero-order valence-electron chi connectivity index (χ0n) is 12.0. The van der Waals surface area contributed by atoms with Crippen LogP contribution in [0.4, 0.5) is 10.3 Å². The number of rotatable bonds is 2. The minimum absolute atomic E-state index is 0.284. The van der Waals surface area contributed by atoms with Crippen molar-refractivity contribution in [1.29, 1.82) is 0 Å². The first-order valence-electron chi connectivity index (χ1n) is 7.10. The first-order valence-corrected chi connectivity index (χ1v) is 7.10. The quantitative estimate of drug-likeness (QED) is 0.921. The number of hydrogen-bond acceptors (Lipinski definition) is 4. The SMILES string of the molecule is Cc1ccnc(N2CCC(O)(c3ccc(F)cc3)CC2)n1. The number of benzene rings is 1. The van der Waals surface area contributed by atoms with Crippen LogP contribution in [-0.2, 0) is 5.60 Å². The Morgan fingerprint density at radius 3 is 2.43 bits per heavy atom. The first-order chi connectivity index (χ1) is 10.1. The van der Waals surface area contributed by atoms with E-state index in [0.717, 1.165) is 11.3 Å². The minimum atomic E-state index is -0.895. The molecule has 0 unspecified atom stereocenters. The van der Waals surface area contributed by atoms with Crippen molar-refractivity contribution >= 4 is 5.95 Å². The second-order valence-corrected chi connectivity index (χ2v) is 5.52. The summed E-state index contributed by atoms with van der Waals surface area (Å²) >= 11 is 0. The molecule has 0 amide bonds. The van der Waals surface area contributed by atoms with Gasteiger partial charge in [0.2, 0.25) is 5.95 Å². The van der Waals surface area contributed by atoms with E-state index in [-0.39, 0.29) is 5.82 Å². The van der Waals surface area contributed by atoms with Crippen molar-refractivity contribution in [3.63, 3.8) is 0 Å². The molecule has 1 fully saturated rings. The van der Waals surface area contributed by atoms with Gasteiger partial charge in [0.1, 0.15) is 5.82 Å². The van der Waals surface area contributed by atoms with Crippen LogP contribution < -0.4 is 4.90 Å². The van der Waals surface area contributed by atoms with Crippen molar-refractivity contribution in [2.45, 2.75) is 25.4 Å². The fourth-order valence-electron chi connectivity index (χ4n) is 2.71. The van der Waals surface area contributed by atoms with Gasteiger partial charge in [-0.25, -0.2) is 14.4 Å². The van der Waals surface area contributed by atoms with E-state index < -0.39 is 5.60 Å². The zero-order chi connectivity index (χ0) is 14.9. The molecule has 0 bridgehead atoms. The number of halogens is 1. The summed E-state index contributed by atoms with van der Waals surface area (Å²) in [7, 11) is 0. The molecule has 4 nitrogen and oxygen atoms in total. The maximum absolute atomic E-state index is 13.0. The van der Waals surface area contributed by atoms with Gasteiger partial charge < -0.3 is 10.0 Å². The van der Waals surface area contributed by atoms with E-state index in [4.69, 9.17) is 0 Å². The molecule has 1 aliphatic heterocycles. The van der Waals surface area contributed by atoms with Crippen molar-refractivity contribution in [1.82, 2.24) is 9.97 Å². The van der Waals surface area contributed by atoms with Crippen LogP contribution in [0.2, 0.25) is 0 Å². The van der Waals surface area contributed by atoms with Crippen LogP contribution in [0.25, 0.3) is 0 Å². The normalized spacial score (nSPS) is 17.8. The molecule has 0 spiro atoms. The average molecular weight is 287 g/mol. The Bertz CT molecular complexity index is 622. The fourth-order valence-corrected chi connectivity index (χ4v) is 2.71. The molecule has 110 valence electrons. The van der Waals surface area contributed by atoms with E-state index in [1.165, 1.54) is 12.1 Å². The third kappa shape index (κ3) is 2.88. The highest BCUT2D eigenvalue weighted by Gasteiger charge is 2.34. The van der Waals surface area contributed by atoms with Crippen LogP contribution in [0.1, 0.15) is 24.1 Å². The number of nitrogens with zero attached hydrogens (tertiary/aromatic N) is 3. The van der Waals surface area contributed by atoms with Gasteiger partial charge in [-0.05, 0) is 43.5 Å². The van der Waals surface area contributed by atoms with Gasteiger partial charge in [-0.3, -0.25) is 0 Å². The van der Waals surface area contributed by atoms with E-state index in [0.29, 0.717) is 31.9 Å². The molecule has 0 radical (unpaired) electrons. The van der Waals surface area contributed by atoms with Gasteiger partial charge in [0.25, 0.3) is 0 Å². The highest BCUT2D eigenvalue weighted by Crippen LogP contribution is 2.33. The van der Waals surface area contributed by atoms with E-state index in [1.54, 1.807) is 18.3 Å². The van der Waals surface area contributed by atoms with E-state index in [2.05, 4.69) is 14.9 Å². The molecular formula is C16H18FN3O. The Labute approximate surface area is 123 Å². The number of anilines is 1. The Balaban J connectivity index is 1.73. The predicted octanol–water partition coefficient (Wildman–Crippen LogP) is 2.41. The molecule has 0 atom stereocenters. The standard InChI is InChI=1S/C16H18FN3O/c1-12-6-9-18-15(19-12)20-10-7-16(21,8-11-20)13-2-4-14(17)5-3-13/h2-6,9,21H,7-8,10-11H2,1H3. The molecule has 1 aliphatic rings. The molecule has 3 rings (SSSR count). The van der Waals surface area contributed by atoms with Gasteiger partial charge in [-0.2, -0.15) is 0 Å². The molecular weight excluding hydrogens is 269 g/mol. The minimum Gasteiger partial charge on any atom is -0.385 e. The van der Waals surface area contributed by atoms with Crippen LogP contribution in [0.5, 0.6) is 0 Å². The number of piperidine rings is 1. The Kier molecular flexibility index (Phi) is 3.59. The number of hydrogen-bond donors (Lipinski definition) is 1. The lowest BCUT2D eigenvalue weighted by Crippen LogP contribution is -2.43. The van der Waals surface area contributed by atoms with Crippen molar-refractivity contribution in [2.24, 2.45) is 0 Å². The Morgan fingerprint density at radius 1 is 1.14 bits per heavy atom. The smallest absolute Gasteiger partial charge is 0.225 e. The summed E-state index contributed by atoms with van der Waals surface area (Å²) in [4.78, 5) is 10.8. The summed E-state index contributed by atoms with van der Waals surface area (Å²) in [6.07, 6.45) is 2.91. The number of aryl methyl sites for hydroxylation is 1. The summed E-state index contributed by atoms with van der Waals surface area (Å²) in [5.41, 5.74) is 0.807. The van der Waals surface area contributed by atoms with E-state index >= 15 is 0 Å². The van der Waals surface area contributed by atoms with Crippen LogP contribution in [-0.4, -0.2) is 28.2 Å². The molecule has 0 aliphatic carbocycles. The van der Waals surface area contributed by atoms with Crippen molar-refractivity contribution < 1.29 is 9.50 Å². The van der Waals surface area contributed by atoms with Gasteiger partial charge in [0.15, 0.2) is 0 Å². The lowest BCUT2D eigenvalue weighted by atomic mass is 9.84. The van der Waals surface area contributed by atoms with Gasteiger partial charge in [-0.15, -0.1) is 0 Å². The molecule has 1 aromatic heterocycles. The van der Waals surface area contributed by atoms with E-state index in [1.807, 2.05) is 13.0 Å². The first kappa shape index (κ1) is 13.9. The molecule has 0 saturated carbocycles. The van der Waals surface area contributed by atoms with Gasteiger partial charge in [0.05, 0.1) is 5.60 Å². The maximum atomic E-state index is 13.0. The molecule has 1 saturated heterocycles. The second-order valence-electron chi connectivity index (χ2n) is 5.52. The lowest BCUT2D eigenvalue weighted by molar-refractivity contribution is 0.0115. The topological polar surface area (TPSA) is 49.2 Å². The van der Waals surface area contributed by atoms with Crippen LogP contribution in [0.15, 0.2) is 36.5 Å². The molecule has 1 N–H and O–H groups in total. The number of aromatic nitrogens is 2. The maximum Gasteiger partial charge on any atom is 0.225 e. The van der Waals surface area contributed by atoms with Gasteiger partial charge in [0, 0.05) is 25.0 Å².